The van der Waals surface area contributed by atoms with Crippen LogP contribution in [0, 0.1) is 6.92 Å². The summed E-state index contributed by atoms with van der Waals surface area (Å²) in [6, 6.07) is 17.0. The highest BCUT2D eigenvalue weighted by atomic mass is 35.5. The van der Waals surface area contributed by atoms with E-state index in [9.17, 15) is 9.59 Å². The first-order chi connectivity index (χ1) is 16.9. The molecule has 1 heterocycles. The topological polar surface area (TPSA) is 75.0 Å². The van der Waals surface area contributed by atoms with Crippen LogP contribution in [0.3, 0.4) is 0 Å². The zero-order chi connectivity index (χ0) is 24.9. The number of carbonyl (C=O) groups is 2. The van der Waals surface area contributed by atoms with Gasteiger partial charge in [-0.3, -0.25) is 4.79 Å². The van der Waals surface area contributed by atoms with Crippen molar-refractivity contribution in [1.82, 2.24) is 0 Å². The number of allylic oxidation sites excluding steroid dienone is 1. The minimum atomic E-state index is -0.575. The van der Waals surface area contributed by atoms with E-state index >= 15 is 0 Å². The molecule has 0 fully saturated rings. The molecule has 0 saturated carbocycles. The summed E-state index contributed by atoms with van der Waals surface area (Å²) in [4.78, 5) is 25.5. The second kappa shape index (κ2) is 10.5. The number of furan rings is 1. The van der Waals surface area contributed by atoms with Crippen LogP contribution >= 0.6 is 11.6 Å². The number of hydrogen-bond donors (Lipinski definition) is 0. The number of ketones is 1. The van der Waals surface area contributed by atoms with Gasteiger partial charge >= 0.3 is 5.97 Å². The van der Waals surface area contributed by atoms with Gasteiger partial charge in [0.25, 0.3) is 0 Å². The summed E-state index contributed by atoms with van der Waals surface area (Å²) in [7, 11) is 1.48. The normalized spacial score (nSPS) is 11.1. The molecular weight excluding hydrogens is 468 g/mol. The quantitative estimate of drug-likeness (QED) is 0.115. The zero-order valence-electron chi connectivity index (χ0n) is 19.5. The fraction of sp³-hybridized carbons (Fsp3) is 0.143. The van der Waals surface area contributed by atoms with Crippen molar-refractivity contribution < 1.29 is 28.2 Å². The lowest BCUT2D eigenvalue weighted by molar-refractivity contribution is 0.0729. The maximum Gasteiger partial charge on any atom is 0.347 e. The molecule has 0 saturated heterocycles. The Labute approximate surface area is 207 Å². The van der Waals surface area contributed by atoms with Gasteiger partial charge in [-0.15, -0.1) is 0 Å². The van der Waals surface area contributed by atoms with E-state index < -0.39 is 5.97 Å². The van der Waals surface area contributed by atoms with E-state index in [1.807, 2.05) is 6.92 Å². The lowest BCUT2D eigenvalue weighted by Gasteiger charge is -2.10. The monoisotopic (exact) mass is 490 g/mol. The molecule has 3 aromatic carbocycles. The average molecular weight is 491 g/mol. The lowest BCUT2D eigenvalue weighted by atomic mass is 10.1. The summed E-state index contributed by atoms with van der Waals surface area (Å²) >= 11 is 5.87. The number of ether oxygens (including phenoxy) is 3. The minimum Gasteiger partial charge on any atom is -0.494 e. The van der Waals surface area contributed by atoms with E-state index in [2.05, 4.69) is 0 Å². The highest BCUT2D eigenvalue weighted by Gasteiger charge is 2.22. The average Bonchev–Trinajstić information content (AvgIpc) is 3.18. The van der Waals surface area contributed by atoms with Crippen LogP contribution in [0.2, 0.25) is 5.02 Å². The van der Waals surface area contributed by atoms with Crippen molar-refractivity contribution in [2.75, 3.05) is 13.7 Å². The third kappa shape index (κ3) is 5.39. The molecule has 0 N–H and O–H groups in total. The summed E-state index contributed by atoms with van der Waals surface area (Å²) in [6.07, 6.45) is 3.12. The summed E-state index contributed by atoms with van der Waals surface area (Å²) in [6.45, 7) is 4.10. The van der Waals surface area contributed by atoms with Crippen LogP contribution in [-0.2, 0) is 0 Å². The molecule has 4 rings (SSSR count). The van der Waals surface area contributed by atoms with E-state index in [-0.39, 0.29) is 11.5 Å². The second-order valence-corrected chi connectivity index (χ2v) is 8.06. The van der Waals surface area contributed by atoms with Crippen LogP contribution in [0.1, 0.15) is 39.0 Å². The highest BCUT2D eigenvalue weighted by molar-refractivity contribution is 6.30. The van der Waals surface area contributed by atoms with E-state index in [1.54, 1.807) is 73.7 Å². The molecule has 0 unspecified atom stereocenters. The number of aryl methyl sites for hydroxylation is 1. The summed E-state index contributed by atoms with van der Waals surface area (Å²) in [5, 5.41) is 1.17. The van der Waals surface area contributed by atoms with Gasteiger partial charge < -0.3 is 18.6 Å². The van der Waals surface area contributed by atoms with Crippen molar-refractivity contribution in [3.8, 4) is 17.2 Å². The van der Waals surface area contributed by atoms with Crippen LogP contribution in [0.5, 0.6) is 17.2 Å². The van der Waals surface area contributed by atoms with Crippen molar-refractivity contribution in [3.05, 3.63) is 94.2 Å². The van der Waals surface area contributed by atoms with E-state index in [1.165, 1.54) is 13.2 Å². The van der Waals surface area contributed by atoms with E-state index in [0.717, 1.165) is 0 Å². The molecule has 0 radical (unpaired) electrons. The Balaban J connectivity index is 1.55. The second-order valence-electron chi connectivity index (χ2n) is 7.63. The molecule has 35 heavy (non-hydrogen) atoms. The Morgan fingerprint density at radius 2 is 1.77 bits per heavy atom. The van der Waals surface area contributed by atoms with Gasteiger partial charge in [-0.25, -0.2) is 4.79 Å². The molecule has 1 aromatic heterocycles. The first-order valence-corrected chi connectivity index (χ1v) is 11.3. The Bertz CT molecular complexity index is 1420. The Morgan fingerprint density at radius 3 is 2.49 bits per heavy atom. The highest BCUT2D eigenvalue weighted by Crippen LogP contribution is 2.33. The predicted molar refractivity (Wildman–Crippen MR) is 135 cm³/mol. The number of methoxy groups -OCH3 is 1. The number of esters is 1. The van der Waals surface area contributed by atoms with Crippen LogP contribution in [0.15, 0.2) is 71.2 Å². The molecule has 0 spiro atoms. The Morgan fingerprint density at radius 1 is 1.00 bits per heavy atom. The van der Waals surface area contributed by atoms with Gasteiger partial charge in [0.2, 0.25) is 0 Å². The first-order valence-electron chi connectivity index (χ1n) is 10.9. The number of fused-ring (bicyclic) bond motifs is 1. The summed E-state index contributed by atoms with van der Waals surface area (Å²) in [5.41, 5.74) is 2.12. The van der Waals surface area contributed by atoms with Crippen molar-refractivity contribution in [2.24, 2.45) is 0 Å². The zero-order valence-corrected chi connectivity index (χ0v) is 20.2. The van der Waals surface area contributed by atoms with Crippen LogP contribution in [-0.4, -0.2) is 25.5 Å². The fourth-order valence-electron chi connectivity index (χ4n) is 3.61. The molecule has 0 aliphatic rings. The minimum absolute atomic E-state index is 0.162. The van der Waals surface area contributed by atoms with E-state index in [0.29, 0.717) is 56.5 Å². The smallest absolute Gasteiger partial charge is 0.347 e. The maximum absolute atomic E-state index is 13.1. The molecule has 4 aromatic rings. The van der Waals surface area contributed by atoms with Crippen LogP contribution in [0.4, 0.5) is 0 Å². The molecule has 178 valence electrons. The third-order valence-electron chi connectivity index (χ3n) is 5.30. The predicted octanol–water partition coefficient (Wildman–Crippen LogP) is 6.92. The Hall–Kier alpha value is -4.03. The summed E-state index contributed by atoms with van der Waals surface area (Å²) in [5.74, 6) is 0.933. The molecule has 6 nitrogen and oxygen atoms in total. The van der Waals surface area contributed by atoms with Gasteiger partial charge in [-0.05, 0) is 80.1 Å². The lowest BCUT2D eigenvalue weighted by Crippen LogP contribution is -2.10. The van der Waals surface area contributed by atoms with Gasteiger partial charge in [0.05, 0.1) is 13.7 Å². The van der Waals surface area contributed by atoms with Crippen LogP contribution < -0.4 is 14.2 Å². The first kappa shape index (κ1) is 24.1. The van der Waals surface area contributed by atoms with Gasteiger partial charge in [0, 0.05) is 16.0 Å². The van der Waals surface area contributed by atoms with Crippen molar-refractivity contribution in [2.45, 2.75) is 13.8 Å². The largest absolute Gasteiger partial charge is 0.494 e. The molecule has 0 aliphatic carbocycles. The molecule has 0 aliphatic heterocycles. The number of benzene rings is 3. The van der Waals surface area contributed by atoms with Crippen LogP contribution in [0.25, 0.3) is 17.0 Å². The molecule has 0 bridgehead atoms. The van der Waals surface area contributed by atoms with Crippen molar-refractivity contribution >= 4 is 40.4 Å². The summed E-state index contributed by atoms with van der Waals surface area (Å²) < 4.78 is 22.4. The van der Waals surface area contributed by atoms with E-state index in [4.69, 9.17) is 30.2 Å². The number of halogens is 1. The van der Waals surface area contributed by atoms with Crippen molar-refractivity contribution in [3.63, 3.8) is 0 Å². The van der Waals surface area contributed by atoms with Gasteiger partial charge in [0.15, 0.2) is 17.3 Å². The fourth-order valence-corrected chi connectivity index (χ4v) is 3.74. The number of rotatable bonds is 8. The molecule has 0 amide bonds. The Kier molecular flexibility index (Phi) is 7.22. The maximum atomic E-state index is 13.1. The van der Waals surface area contributed by atoms with Gasteiger partial charge in [-0.1, -0.05) is 23.7 Å². The molecular formula is C28H23ClO6. The van der Waals surface area contributed by atoms with Gasteiger partial charge in [-0.2, -0.15) is 0 Å². The number of carbonyl (C=O) groups excluding carboxylic acids is 2. The number of hydrogen-bond acceptors (Lipinski definition) is 6. The molecule has 7 heteroatoms. The third-order valence-corrected chi connectivity index (χ3v) is 5.55. The van der Waals surface area contributed by atoms with Gasteiger partial charge in [0.1, 0.15) is 22.7 Å². The van der Waals surface area contributed by atoms with Crippen molar-refractivity contribution in [1.29, 1.82) is 0 Å². The standard InChI is InChI=1S/C28H23ClO6/c1-4-33-21-11-14-24-22(16-21)27(17(2)34-24)28(31)35-25-13-6-18(15-26(25)32-3)5-12-23(30)19-7-9-20(29)10-8-19/h5-16H,4H2,1-3H3. The SMILES string of the molecule is CCOc1ccc2oc(C)c(C(=O)Oc3ccc(C=CC(=O)c4ccc(Cl)cc4)cc3OC)c2c1. The molecule has 0 atom stereocenters.